The van der Waals surface area contributed by atoms with E-state index in [0.29, 0.717) is 0 Å². The standard InChI is InChI=1S/C48H73O3P/c1-42(2,3)33-21-30-24-37(44(7,8)9)32(23-35(30)38(26-33)45(10,11)12)29-48(19,20)52(49,50,51)41-28-36-31(25-40(41)47(16,17)18)22-34(43(4,5)6)27-39(36)46(13,14)15/h21-28,49-51H,29H2,1-20H3. The van der Waals surface area contributed by atoms with Gasteiger partial charge in [-0.25, -0.2) is 0 Å². The van der Waals surface area contributed by atoms with Crippen LogP contribution in [0, 0.1) is 0 Å². The molecule has 0 fully saturated rings. The topological polar surface area (TPSA) is 60.7 Å². The molecule has 4 aromatic rings. The van der Waals surface area contributed by atoms with E-state index in [1.807, 2.05) is 19.9 Å². The summed E-state index contributed by atoms with van der Waals surface area (Å²) in [5.41, 5.74) is 6.83. The van der Waals surface area contributed by atoms with Crippen molar-refractivity contribution < 1.29 is 14.7 Å². The van der Waals surface area contributed by atoms with E-state index < -0.39 is 17.9 Å². The molecule has 0 bridgehead atoms. The molecule has 0 aliphatic carbocycles. The zero-order valence-electron chi connectivity index (χ0n) is 36.6. The predicted octanol–water partition coefficient (Wildman–Crippen LogP) is 12.7. The Labute approximate surface area is 317 Å². The van der Waals surface area contributed by atoms with E-state index in [4.69, 9.17) is 0 Å². The molecule has 0 aromatic heterocycles. The summed E-state index contributed by atoms with van der Waals surface area (Å²) in [4.78, 5) is 38.6. The van der Waals surface area contributed by atoms with E-state index in [9.17, 15) is 14.7 Å². The molecule has 0 aliphatic heterocycles. The molecule has 0 atom stereocenters. The van der Waals surface area contributed by atoms with Gasteiger partial charge in [-0.3, -0.25) is 0 Å². The fourth-order valence-corrected chi connectivity index (χ4v) is 10.0. The molecule has 3 N–H and O–H groups in total. The van der Waals surface area contributed by atoms with Crippen LogP contribution in [-0.2, 0) is 38.9 Å². The van der Waals surface area contributed by atoms with Gasteiger partial charge in [-0.2, -0.15) is 0 Å². The van der Waals surface area contributed by atoms with Crippen LogP contribution >= 0.6 is 7.28 Å². The summed E-state index contributed by atoms with van der Waals surface area (Å²) in [7, 11) is -5.65. The Bertz CT molecular complexity index is 2010. The average Bonchev–Trinajstić information content (AvgIpc) is 2.91. The maximum absolute atomic E-state index is 12.9. The Balaban J connectivity index is 2.09. The molecule has 0 saturated heterocycles. The van der Waals surface area contributed by atoms with Gasteiger partial charge in [0.05, 0.1) is 0 Å². The van der Waals surface area contributed by atoms with E-state index in [-0.39, 0.29) is 38.8 Å². The molecular formula is C48H73O3P. The van der Waals surface area contributed by atoms with Gasteiger partial charge in [0, 0.05) is 0 Å². The second-order valence-corrected chi connectivity index (χ2v) is 26.5. The Morgan fingerprint density at radius 3 is 1.08 bits per heavy atom. The van der Waals surface area contributed by atoms with Crippen molar-refractivity contribution >= 4 is 34.1 Å². The minimum absolute atomic E-state index is 0.00948. The molecule has 4 rings (SSSR count). The molecule has 0 radical (unpaired) electrons. The summed E-state index contributed by atoms with van der Waals surface area (Å²) < 4.78 is 0. The second-order valence-electron chi connectivity index (χ2n) is 22.8. The second kappa shape index (κ2) is 12.4. The van der Waals surface area contributed by atoms with Crippen LogP contribution in [0.4, 0.5) is 0 Å². The van der Waals surface area contributed by atoms with Crippen LogP contribution in [0.2, 0.25) is 0 Å². The van der Waals surface area contributed by atoms with Gasteiger partial charge in [0.25, 0.3) is 0 Å². The van der Waals surface area contributed by atoms with Crippen molar-refractivity contribution in [1.29, 1.82) is 0 Å². The van der Waals surface area contributed by atoms with Crippen molar-refractivity contribution in [3.05, 3.63) is 87.5 Å². The molecule has 4 heteroatoms. The van der Waals surface area contributed by atoms with Crippen LogP contribution < -0.4 is 5.30 Å². The van der Waals surface area contributed by atoms with Crippen molar-refractivity contribution in [2.75, 3.05) is 0 Å². The van der Waals surface area contributed by atoms with Crippen LogP contribution in [0.1, 0.15) is 177 Å². The monoisotopic (exact) mass is 729 g/mol. The summed E-state index contributed by atoms with van der Waals surface area (Å²) in [6, 6.07) is 17.9. The quantitative estimate of drug-likeness (QED) is 0.183. The SMILES string of the molecule is CC(C)(C)c1cc(C(C)(C)C)c2cc(CC(C)(C)P(O)(O)(O)c3cc4c(C(C)(C)C)cc(C(C)(C)C)cc4cc3C(C)(C)C)c(C(C)(C)C)cc2c1. The van der Waals surface area contributed by atoms with Gasteiger partial charge in [-0.1, -0.05) is 0 Å². The maximum atomic E-state index is 12.9. The van der Waals surface area contributed by atoms with Crippen LogP contribution in [0.5, 0.6) is 0 Å². The molecule has 0 saturated carbocycles. The summed E-state index contributed by atoms with van der Waals surface area (Å²) in [6.45, 7) is 43.5. The molecule has 52 heavy (non-hydrogen) atoms. The van der Waals surface area contributed by atoms with Crippen molar-refractivity contribution in [3.8, 4) is 0 Å². The summed E-state index contributed by atoms with van der Waals surface area (Å²) in [5, 5.41) is 3.35. The average molecular weight is 729 g/mol. The van der Waals surface area contributed by atoms with Crippen LogP contribution in [0.25, 0.3) is 21.5 Å². The number of hydrogen-bond acceptors (Lipinski definition) is 3. The molecule has 3 nitrogen and oxygen atoms in total. The third kappa shape index (κ3) is 7.91. The third-order valence-electron chi connectivity index (χ3n) is 11.4. The first-order valence-electron chi connectivity index (χ1n) is 19.4. The normalized spacial score (nSPS) is 15.3. The molecule has 0 aliphatic rings. The summed E-state index contributed by atoms with van der Waals surface area (Å²) in [6.07, 6.45) is 0.290. The first-order valence-corrected chi connectivity index (χ1v) is 21.5. The van der Waals surface area contributed by atoms with E-state index >= 15 is 0 Å². The molecule has 288 valence electrons. The van der Waals surface area contributed by atoms with Gasteiger partial charge < -0.3 is 0 Å². The van der Waals surface area contributed by atoms with Crippen LogP contribution in [-0.4, -0.2) is 19.8 Å². The zero-order chi connectivity index (χ0) is 40.2. The van der Waals surface area contributed by atoms with Gasteiger partial charge in [0.15, 0.2) is 0 Å². The number of rotatable bonds is 4. The Hall–Kier alpha value is -2.29. The first-order chi connectivity index (χ1) is 22.8. The van der Waals surface area contributed by atoms with Crippen molar-refractivity contribution in [2.45, 2.75) is 183 Å². The fraction of sp³-hybridized carbons (Fsp3) is 0.583. The van der Waals surface area contributed by atoms with Crippen molar-refractivity contribution in [3.63, 3.8) is 0 Å². The Morgan fingerprint density at radius 1 is 0.385 bits per heavy atom. The molecule has 0 unspecified atom stereocenters. The fourth-order valence-electron chi connectivity index (χ4n) is 7.69. The van der Waals surface area contributed by atoms with E-state index in [0.717, 1.165) is 33.0 Å². The first kappa shape index (κ1) is 42.5. The van der Waals surface area contributed by atoms with Crippen molar-refractivity contribution in [2.24, 2.45) is 0 Å². The van der Waals surface area contributed by atoms with Gasteiger partial charge >= 0.3 is 319 Å². The summed E-state index contributed by atoms with van der Waals surface area (Å²) in [5.74, 6) is 0. The molecule has 0 spiro atoms. The Morgan fingerprint density at radius 2 is 0.731 bits per heavy atom. The van der Waals surface area contributed by atoms with E-state index in [1.165, 1.54) is 27.5 Å². The number of benzene rings is 4. The van der Waals surface area contributed by atoms with Gasteiger partial charge in [-0.05, 0) is 0 Å². The third-order valence-corrected chi connectivity index (χ3v) is 15.0. The molecule has 0 heterocycles. The number of hydrogen-bond donors (Lipinski definition) is 3. The van der Waals surface area contributed by atoms with Crippen LogP contribution in [0.3, 0.4) is 0 Å². The molecular weight excluding hydrogens is 655 g/mol. The van der Waals surface area contributed by atoms with E-state index in [2.05, 4.69) is 167 Å². The van der Waals surface area contributed by atoms with Gasteiger partial charge in [0.2, 0.25) is 0 Å². The van der Waals surface area contributed by atoms with Crippen molar-refractivity contribution in [1.82, 2.24) is 0 Å². The molecule has 0 amide bonds. The Kier molecular flexibility index (Phi) is 10.1. The predicted molar refractivity (Wildman–Crippen MR) is 231 cm³/mol. The summed E-state index contributed by atoms with van der Waals surface area (Å²) >= 11 is 0. The zero-order valence-corrected chi connectivity index (χ0v) is 37.5. The molecule has 4 aromatic carbocycles. The number of fused-ring (bicyclic) bond motifs is 2. The minimum atomic E-state index is -5.65. The van der Waals surface area contributed by atoms with Crippen LogP contribution in [0.15, 0.2) is 48.5 Å². The van der Waals surface area contributed by atoms with Gasteiger partial charge in [-0.15, -0.1) is 0 Å². The van der Waals surface area contributed by atoms with Gasteiger partial charge in [0.1, 0.15) is 0 Å². The van der Waals surface area contributed by atoms with E-state index in [1.54, 1.807) is 0 Å².